The summed E-state index contributed by atoms with van der Waals surface area (Å²) < 4.78 is 0. The second kappa shape index (κ2) is 5.66. The molecule has 1 N–H and O–H groups in total. The van der Waals surface area contributed by atoms with Crippen molar-refractivity contribution in [1.29, 1.82) is 0 Å². The zero-order valence-electron chi connectivity index (χ0n) is 13.0. The lowest BCUT2D eigenvalue weighted by molar-refractivity contribution is -0.146. The second-order valence-corrected chi connectivity index (χ2v) is 7.01. The first-order valence-electron chi connectivity index (χ1n) is 7.52. The molecule has 21 heavy (non-hydrogen) atoms. The van der Waals surface area contributed by atoms with Crippen LogP contribution in [0.1, 0.15) is 40.0 Å². The number of rotatable bonds is 2. The van der Waals surface area contributed by atoms with Gasteiger partial charge in [-0.2, -0.15) is 0 Å². The Morgan fingerprint density at radius 1 is 1.14 bits per heavy atom. The van der Waals surface area contributed by atoms with Gasteiger partial charge in [-0.25, -0.2) is 0 Å². The number of carboxylic acid groups (broad SMARTS) is 1. The van der Waals surface area contributed by atoms with Crippen molar-refractivity contribution in [2.45, 2.75) is 45.6 Å². The van der Waals surface area contributed by atoms with Gasteiger partial charge in [-0.1, -0.05) is 0 Å². The van der Waals surface area contributed by atoms with Gasteiger partial charge in [-0.15, -0.1) is 0 Å². The number of piperidine rings is 1. The van der Waals surface area contributed by atoms with Crippen molar-refractivity contribution in [2.24, 2.45) is 11.8 Å². The molecular formula is C15H24N2O4. The lowest BCUT2D eigenvalue weighted by Crippen LogP contribution is -2.45. The van der Waals surface area contributed by atoms with Gasteiger partial charge in [0.2, 0.25) is 11.8 Å². The highest BCUT2D eigenvalue weighted by atomic mass is 16.4. The zero-order valence-corrected chi connectivity index (χ0v) is 13.0. The van der Waals surface area contributed by atoms with E-state index in [0.29, 0.717) is 32.5 Å². The molecule has 6 heteroatoms. The third-order valence-corrected chi connectivity index (χ3v) is 4.44. The van der Waals surface area contributed by atoms with Crippen LogP contribution >= 0.6 is 0 Å². The van der Waals surface area contributed by atoms with Crippen molar-refractivity contribution in [3.63, 3.8) is 0 Å². The number of hydrogen-bond donors (Lipinski definition) is 1. The monoisotopic (exact) mass is 296 g/mol. The SMILES string of the molecule is CC(C)(C)N1C[C@@H](C(=O)N2CCC(C(=O)O)CC2)CC1=O. The minimum Gasteiger partial charge on any atom is -0.481 e. The van der Waals surface area contributed by atoms with Crippen molar-refractivity contribution in [3.8, 4) is 0 Å². The van der Waals surface area contributed by atoms with Crippen molar-refractivity contribution < 1.29 is 19.5 Å². The molecule has 2 aliphatic rings. The molecule has 0 aromatic rings. The molecule has 2 amide bonds. The Morgan fingerprint density at radius 2 is 1.71 bits per heavy atom. The largest absolute Gasteiger partial charge is 0.481 e. The van der Waals surface area contributed by atoms with Crippen LogP contribution in [-0.4, -0.2) is 57.9 Å². The summed E-state index contributed by atoms with van der Waals surface area (Å²) >= 11 is 0. The number of amides is 2. The molecule has 0 aromatic carbocycles. The predicted molar refractivity (Wildman–Crippen MR) is 76.5 cm³/mol. The van der Waals surface area contributed by atoms with Crippen molar-refractivity contribution in [3.05, 3.63) is 0 Å². The molecule has 0 aliphatic carbocycles. The minimum atomic E-state index is -0.781. The minimum absolute atomic E-state index is 0.000983. The molecule has 0 saturated carbocycles. The van der Waals surface area contributed by atoms with Gasteiger partial charge in [-0.05, 0) is 33.6 Å². The summed E-state index contributed by atoms with van der Waals surface area (Å²) in [7, 11) is 0. The molecule has 2 fully saturated rings. The third-order valence-electron chi connectivity index (χ3n) is 4.44. The lowest BCUT2D eigenvalue weighted by atomic mass is 9.95. The molecule has 2 aliphatic heterocycles. The Kier molecular flexibility index (Phi) is 4.25. The highest BCUT2D eigenvalue weighted by molar-refractivity contribution is 5.89. The standard InChI is InChI=1S/C15H24N2O4/c1-15(2,3)17-9-11(8-12(17)18)13(19)16-6-4-10(5-7-16)14(20)21/h10-11H,4-9H2,1-3H3,(H,20,21)/t11-/m0/s1. The predicted octanol–water partition coefficient (Wildman–Crippen LogP) is 0.957. The van der Waals surface area contributed by atoms with Gasteiger partial charge in [0, 0.05) is 31.6 Å². The first-order valence-corrected chi connectivity index (χ1v) is 7.52. The fourth-order valence-electron chi connectivity index (χ4n) is 3.13. The van der Waals surface area contributed by atoms with Crippen LogP contribution in [-0.2, 0) is 14.4 Å². The van der Waals surface area contributed by atoms with Crippen molar-refractivity contribution in [1.82, 2.24) is 9.80 Å². The molecule has 118 valence electrons. The third kappa shape index (κ3) is 3.36. The number of carboxylic acids is 1. The Morgan fingerprint density at radius 3 is 2.14 bits per heavy atom. The Bertz CT molecular complexity index is 447. The van der Waals surface area contributed by atoms with Crippen LogP contribution in [0.15, 0.2) is 0 Å². The Labute approximate surface area is 125 Å². The average Bonchev–Trinajstić information content (AvgIpc) is 2.80. The quantitative estimate of drug-likeness (QED) is 0.823. The van der Waals surface area contributed by atoms with E-state index >= 15 is 0 Å². The number of likely N-dealkylation sites (tertiary alicyclic amines) is 2. The fourth-order valence-corrected chi connectivity index (χ4v) is 3.13. The first kappa shape index (κ1) is 15.8. The molecule has 0 radical (unpaired) electrons. The van der Waals surface area contributed by atoms with Gasteiger partial charge >= 0.3 is 5.97 Å². The molecule has 0 unspecified atom stereocenters. The molecule has 2 rings (SSSR count). The van der Waals surface area contributed by atoms with Crippen LogP contribution in [0.5, 0.6) is 0 Å². The van der Waals surface area contributed by atoms with Gasteiger partial charge in [0.15, 0.2) is 0 Å². The van der Waals surface area contributed by atoms with Crippen LogP contribution in [0.4, 0.5) is 0 Å². The van der Waals surface area contributed by atoms with Gasteiger partial charge in [0.25, 0.3) is 0 Å². The maximum atomic E-state index is 12.5. The number of aliphatic carboxylic acids is 1. The molecule has 2 saturated heterocycles. The van der Waals surface area contributed by atoms with E-state index in [1.807, 2.05) is 20.8 Å². The molecule has 0 bridgehead atoms. The second-order valence-electron chi connectivity index (χ2n) is 7.01. The topological polar surface area (TPSA) is 77.9 Å². The molecule has 6 nitrogen and oxygen atoms in total. The highest BCUT2D eigenvalue weighted by Gasteiger charge is 2.41. The molecule has 0 aromatic heterocycles. The van der Waals surface area contributed by atoms with E-state index < -0.39 is 5.97 Å². The van der Waals surface area contributed by atoms with E-state index in [0.717, 1.165) is 0 Å². The van der Waals surface area contributed by atoms with Gasteiger partial charge in [0.05, 0.1) is 11.8 Å². The van der Waals surface area contributed by atoms with Gasteiger partial charge in [-0.3, -0.25) is 14.4 Å². The first-order chi connectivity index (χ1) is 9.70. The Hall–Kier alpha value is -1.59. The van der Waals surface area contributed by atoms with Crippen molar-refractivity contribution in [2.75, 3.05) is 19.6 Å². The summed E-state index contributed by atoms with van der Waals surface area (Å²) in [5, 5.41) is 8.98. The fraction of sp³-hybridized carbons (Fsp3) is 0.800. The molecule has 1 atom stereocenters. The summed E-state index contributed by atoms with van der Waals surface area (Å²) in [4.78, 5) is 38.9. The van der Waals surface area contributed by atoms with E-state index in [1.165, 1.54) is 0 Å². The summed E-state index contributed by atoms with van der Waals surface area (Å²) in [5.41, 5.74) is -0.261. The number of hydrogen-bond acceptors (Lipinski definition) is 3. The summed E-state index contributed by atoms with van der Waals surface area (Å²) in [6, 6.07) is 0. The number of carbonyl (C=O) groups is 3. The highest BCUT2D eigenvalue weighted by Crippen LogP contribution is 2.28. The van der Waals surface area contributed by atoms with E-state index in [-0.39, 0.29) is 35.6 Å². The van der Waals surface area contributed by atoms with Crippen LogP contribution in [0, 0.1) is 11.8 Å². The van der Waals surface area contributed by atoms with Gasteiger partial charge < -0.3 is 14.9 Å². The normalized spacial score (nSPS) is 24.5. The maximum Gasteiger partial charge on any atom is 0.306 e. The average molecular weight is 296 g/mol. The molecule has 2 heterocycles. The number of carbonyl (C=O) groups excluding carboxylic acids is 2. The summed E-state index contributed by atoms with van der Waals surface area (Å²) in [6.07, 6.45) is 1.28. The number of nitrogens with zero attached hydrogens (tertiary/aromatic N) is 2. The van der Waals surface area contributed by atoms with E-state index in [2.05, 4.69) is 0 Å². The van der Waals surface area contributed by atoms with E-state index in [9.17, 15) is 14.4 Å². The van der Waals surface area contributed by atoms with Gasteiger partial charge in [0.1, 0.15) is 0 Å². The molecule has 0 spiro atoms. The smallest absolute Gasteiger partial charge is 0.306 e. The maximum absolute atomic E-state index is 12.5. The lowest BCUT2D eigenvalue weighted by Gasteiger charge is -2.34. The van der Waals surface area contributed by atoms with E-state index in [1.54, 1.807) is 9.80 Å². The van der Waals surface area contributed by atoms with Crippen LogP contribution in [0.25, 0.3) is 0 Å². The van der Waals surface area contributed by atoms with Crippen LogP contribution < -0.4 is 0 Å². The van der Waals surface area contributed by atoms with Crippen LogP contribution in [0.3, 0.4) is 0 Å². The van der Waals surface area contributed by atoms with E-state index in [4.69, 9.17) is 5.11 Å². The summed E-state index contributed by atoms with van der Waals surface area (Å²) in [6.45, 7) is 7.34. The van der Waals surface area contributed by atoms with Crippen molar-refractivity contribution >= 4 is 17.8 Å². The molecular weight excluding hydrogens is 272 g/mol. The van der Waals surface area contributed by atoms with Crippen LogP contribution in [0.2, 0.25) is 0 Å². The summed E-state index contributed by atoms with van der Waals surface area (Å²) in [5.74, 6) is -1.37. The zero-order chi connectivity index (χ0) is 15.8. The Balaban J connectivity index is 1.94.